The van der Waals surface area contributed by atoms with Crippen molar-refractivity contribution in [2.24, 2.45) is 0 Å². The smallest absolute Gasteiger partial charge is 0.264 e. The minimum atomic E-state index is -3.89. The molecule has 0 radical (unpaired) electrons. The maximum absolute atomic E-state index is 13.2. The van der Waals surface area contributed by atoms with Crippen LogP contribution in [-0.2, 0) is 21.2 Å². The van der Waals surface area contributed by atoms with Crippen LogP contribution in [0.2, 0.25) is 5.02 Å². The van der Waals surface area contributed by atoms with E-state index in [0.29, 0.717) is 23.7 Å². The van der Waals surface area contributed by atoms with E-state index < -0.39 is 10.0 Å². The summed E-state index contributed by atoms with van der Waals surface area (Å²) < 4.78 is 27.6. The van der Waals surface area contributed by atoms with Crippen molar-refractivity contribution in [2.45, 2.75) is 18.2 Å². The molecular weight excluding hydrogens is 420 g/mol. The second-order valence-electron chi connectivity index (χ2n) is 6.89. The van der Waals surface area contributed by atoms with Crippen LogP contribution in [0.25, 0.3) is 0 Å². The Morgan fingerprint density at radius 1 is 0.933 bits per heavy atom. The van der Waals surface area contributed by atoms with Crippen molar-refractivity contribution >= 4 is 33.2 Å². The summed E-state index contributed by atoms with van der Waals surface area (Å²) in [5, 5.41) is 3.46. The molecule has 5 nitrogen and oxygen atoms in total. The highest BCUT2D eigenvalue weighted by Crippen LogP contribution is 2.23. The monoisotopic (exact) mass is 442 g/mol. The Morgan fingerprint density at radius 3 is 2.20 bits per heavy atom. The zero-order valence-corrected chi connectivity index (χ0v) is 18.2. The molecule has 30 heavy (non-hydrogen) atoms. The van der Waals surface area contributed by atoms with Gasteiger partial charge in [-0.15, -0.1) is 0 Å². The van der Waals surface area contributed by atoms with E-state index >= 15 is 0 Å². The fourth-order valence-electron chi connectivity index (χ4n) is 2.93. The molecule has 0 bridgehead atoms. The number of nitrogens with zero attached hydrogens (tertiary/aromatic N) is 1. The molecule has 0 aliphatic carbocycles. The minimum absolute atomic E-state index is 0.138. The van der Waals surface area contributed by atoms with Gasteiger partial charge < -0.3 is 5.32 Å². The zero-order chi connectivity index (χ0) is 21.6. The third-order valence-electron chi connectivity index (χ3n) is 4.59. The summed E-state index contributed by atoms with van der Waals surface area (Å²) in [7, 11) is -3.89. The van der Waals surface area contributed by atoms with Crippen LogP contribution in [0, 0.1) is 6.92 Å². The van der Waals surface area contributed by atoms with Crippen LogP contribution in [-0.4, -0.2) is 27.4 Å². The molecule has 0 heterocycles. The van der Waals surface area contributed by atoms with Gasteiger partial charge in [0.1, 0.15) is 6.54 Å². The molecule has 156 valence electrons. The normalized spacial score (nSPS) is 11.1. The highest BCUT2D eigenvalue weighted by molar-refractivity contribution is 7.92. The lowest BCUT2D eigenvalue weighted by Crippen LogP contribution is -2.41. The largest absolute Gasteiger partial charge is 0.354 e. The zero-order valence-electron chi connectivity index (χ0n) is 16.6. The summed E-state index contributed by atoms with van der Waals surface area (Å²) >= 11 is 5.88. The van der Waals surface area contributed by atoms with E-state index in [2.05, 4.69) is 5.32 Å². The molecular formula is C23H23ClN2O3S. The van der Waals surface area contributed by atoms with Gasteiger partial charge in [-0.3, -0.25) is 9.10 Å². The molecule has 0 unspecified atom stereocenters. The SMILES string of the molecule is Cc1ccc(N(CC(=O)NCCc2ccc(Cl)cc2)S(=O)(=O)c2ccccc2)cc1. The van der Waals surface area contributed by atoms with Crippen LogP contribution in [0.1, 0.15) is 11.1 Å². The molecule has 0 aliphatic heterocycles. The molecule has 3 aromatic carbocycles. The lowest BCUT2D eigenvalue weighted by Gasteiger charge is -2.24. The predicted octanol–water partition coefficient (Wildman–Crippen LogP) is 4.20. The summed E-state index contributed by atoms with van der Waals surface area (Å²) in [6, 6.07) is 22.5. The number of anilines is 1. The van der Waals surface area contributed by atoms with Crippen molar-refractivity contribution < 1.29 is 13.2 Å². The van der Waals surface area contributed by atoms with E-state index in [4.69, 9.17) is 11.6 Å². The maximum atomic E-state index is 13.2. The second-order valence-corrected chi connectivity index (χ2v) is 9.19. The number of benzene rings is 3. The van der Waals surface area contributed by atoms with E-state index in [-0.39, 0.29) is 17.3 Å². The summed E-state index contributed by atoms with van der Waals surface area (Å²) in [5.74, 6) is -0.371. The van der Waals surface area contributed by atoms with Gasteiger partial charge in [0.2, 0.25) is 5.91 Å². The van der Waals surface area contributed by atoms with Crippen LogP contribution in [0.3, 0.4) is 0 Å². The molecule has 3 aromatic rings. The first-order valence-corrected chi connectivity index (χ1v) is 11.3. The Labute approximate surface area is 182 Å². The number of hydrogen-bond acceptors (Lipinski definition) is 3. The van der Waals surface area contributed by atoms with Gasteiger partial charge in [-0.05, 0) is 55.3 Å². The fraction of sp³-hybridized carbons (Fsp3) is 0.174. The number of amides is 1. The fourth-order valence-corrected chi connectivity index (χ4v) is 4.50. The van der Waals surface area contributed by atoms with Crippen LogP contribution in [0.5, 0.6) is 0 Å². The van der Waals surface area contributed by atoms with Crippen molar-refractivity contribution in [1.82, 2.24) is 5.32 Å². The molecule has 0 saturated heterocycles. The van der Waals surface area contributed by atoms with Crippen molar-refractivity contribution in [3.63, 3.8) is 0 Å². The summed E-state index contributed by atoms with van der Waals surface area (Å²) in [6.07, 6.45) is 0.624. The van der Waals surface area contributed by atoms with Crippen molar-refractivity contribution in [3.05, 3.63) is 95.0 Å². The Balaban J connectivity index is 1.74. The highest BCUT2D eigenvalue weighted by atomic mass is 35.5. The van der Waals surface area contributed by atoms with E-state index in [1.807, 2.05) is 31.2 Å². The Kier molecular flexibility index (Phi) is 7.13. The van der Waals surface area contributed by atoms with Crippen LogP contribution < -0.4 is 9.62 Å². The van der Waals surface area contributed by atoms with Gasteiger partial charge in [0.05, 0.1) is 10.6 Å². The Morgan fingerprint density at radius 2 is 1.57 bits per heavy atom. The molecule has 0 atom stereocenters. The first-order chi connectivity index (χ1) is 14.4. The number of carbonyl (C=O) groups is 1. The van der Waals surface area contributed by atoms with Crippen molar-refractivity contribution in [3.8, 4) is 0 Å². The molecule has 0 fully saturated rings. The molecule has 0 aromatic heterocycles. The number of halogens is 1. The molecule has 7 heteroatoms. The molecule has 0 saturated carbocycles. The van der Waals surface area contributed by atoms with Crippen LogP contribution >= 0.6 is 11.6 Å². The highest BCUT2D eigenvalue weighted by Gasteiger charge is 2.26. The predicted molar refractivity (Wildman–Crippen MR) is 120 cm³/mol. The molecule has 1 amide bonds. The number of hydrogen-bond donors (Lipinski definition) is 1. The molecule has 1 N–H and O–H groups in total. The maximum Gasteiger partial charge on any atom is 0.264 e. The van der Waals surface area contributed by atoms with Gasteiger partial charge in [0, 0.05) is 11.6 Å². The van der Waals surface area contributed by atoms with Crippen molar-refractivity contribution in [1.29, 1.82) is 0 Å². The standard InChI is InChI=1S/C23H23ClN2O3S/c1-18-7-13-21(14-8-18)26(30(28,29)22-5-3-2-4-6-22)17-23(27)25-16-15-19-9-11-20(24)12-10-19/h2-14H,15-17H2,1H3,(H,25,27). The van der Waals surface area contributed by atoms with Crippen LogP contribution in [0.15, 0.2) is 83.8 Å². The topological polar surface area (TPSA) is 66.5 Å². The first kappa shape index (κ1) is 21.9. The number of nitrogens with one attached hydrogen (secondary N) is 1. The van der Waals surface area contributed by atoms with Crippen LogP contribution in [0.4, 0.5) is 5.69 Å². The van der Waals surface area contributed by atoms with Gasteiger partial charge >= 0.3 is 0 Å². The van der Waals surface area contributed by atoms with E-state index in [9.17, 15) is 13.2 Å². The van der Waals surface area contributed by atoms with E-state index in [1.54, 1.807) is 42.5 Å². The van der Waals surface area contributed by atoms with Gasteiger partial charge in [0.25, 0.3) is 10.0 Å². The lowest BCUT2D eigenvalue weighted by atomic mass is 10.1. The van der Waals surface area contributed by atoms with Gasteiger partial charge in [-0.2, -0.15) is 0 Å². The van der Waals surface area contributed by atoms with E-state index in [0.717, 1.165) is 15.4 Å². The summed E-state index contributed by atoms with van der Waals surface area (Å²) in [5.41, 5.74) is 2.48. The van der Waals surface area contributed by atoms with Crippen molar-refractivity contribution in [2.75, 3.05) is 17.4 Å². The Hall–Kier alpha value is -2.83. The quantitative estimate of drug-likeness (QED) is 0.568. The third-order valence-corrected chi connectivity index (χ3v) is 6.63. The van der Waals surface area contributed by atoms with Gasteiger partial charge in [0.15, 0.2) is 0 Å². The third kappa shape index (κ3) is 5.62. The molecule has 3 rings (SSSR count). The molecule has 0 spiro atoms. The lowest BCUT2D eigenvalue weighted by molar-refractivity contribution is -0.119. The van der Waals surface area contributed by atoms with Gasteiger partial charge in [-0.1, -0.05) is 59.6 Å². The number of sulfonamides is 1. The molecule has 0 aliphatic rings. The number of carbonyl (C=O) groups excluding carboxylic acids is 1. The first-order valence-electron chi connectivity index (χ1n) is 9.52. The Bertz CT molecular complexity index is 1080. The second kappa shape index (κ2) is 9.78. The number of aryl methyl sites for hydroxylation is 1. The average molecular weight is 443 g/mol. The number of rotatable bonds is 8. The van der Waals surface area contributed by atoms with E-state index in [1.165, 1.54) is 12.1 Å². The summed E-state index contributed by atoms with van der Waals surface area (Å²) in [4.78, 5) is 12.7. The van der Waals surface area contributed by atoms with Gasteiger partial charge in [-0.25, -0.2) is 8.42 Å². The minimum Gasteiger partial charge on any atom is -0.354 e. The average Bonchev–Trinajstić information content (AvgIpc) is 2.75. The summed E-state index contributed by atoms with van der Waals surface area (Å²) in [6.45, 7) is 2.01.